The Labute approximate surface area is 123 Å². The van der Waals surface area contributed by atoms with Crippen LogP contribution in [0.1, 0.15) is 12.5 Å². The topological polar surface area (TPSA) is 67.2 Å². The quantitative estimate of drug-likeness (QED) is 0.755. The molecule has 20 heavy (non-hydrogen) atoms. The minimum Gasteiger partial charge on any atom is -0.389 e. The van der Waals surface area contributed by atoms with Gasteiger partial charge in [-0.3, -0.25) is 4.79 Å². The zero-order valence-corrected chi connectivity index (χ0v) is 11.8. The third-order valence-corrected chi connectivity index (χ3v) is 2.90. The number of thiocarbonyl (C=S) groups is 1. The molecule has 1 amide bonds. The largest absolute Gasteiger partial charge is 0.389 e. The molecule has 2 rings (SSSR count). The summed E-state index contributed by atoms with van der Waals surface area (Å²) in [6, 6.07) is 15.0. The van der Waals surface area contributed by atoms with Gasteiger partial charge in [-0.2, -0.15) is 0 Å². The van der Waals surface area contributed by atoms with E-state index in [0.29, 0.717) is 4.99 Å². The summed E-state index contributed by atoms with van der Waals surface area (Å²) >= 11 is 5.02. The molecule has 5 heteroatoms. The average Bonchev–Trinajstić information content (AvgIpc) is 2.41. The van der Waals surface area contributed by atoms with E-state index in [-0.39, 0.29) is 5.91 Å². The fraction of sp³-hybridized carbons (Fsp3) is 0.0667. The number of amides is 1. The van der Waals surface area contributed by atoms with Crippen molar-refractivity contribution in [3.63, 3.8) is 0 Å². The van der Waals surface area contributed by atoms with E-state index >= 15 is 0 Å². The van der Waals surface area contributed by atoms with Crippen molar-refractivity contribution in [1.29, 1.82) is 0 Å². The van der Waals surface area contributed by atoms with Crippen LogP contribution >= 0.6 is 12.2 Å². The molecule has 0 heterocycles. The number of rotatable bonds is 4. The Morgan fingerprint density at radius 3 is 2.25 bits per heavy atom. The average molecular weight is 285 g/mol. The van der Waals surface area contributed by atoms with Crippen molar-refractivity contribution in [1.82, 2.24) is 0 Å². The second kappa shape index (κ2) is 6.16. The van der Waals surface area contributed by atoms with Gasteiger partial charge in [0, 0.05) is 29.5 Å². The minimum absolute atomic E-state index is 0.0930. The summed E-state index contributed by atoms with van der Waals surface area (Å²) in [6.45, 7) is 1.48. The van der Waals surface area contributed by atoms with Gasteiger partial charge >= 0.3 is 0 Å². The lowest BCUT2D eigenvalue weighted by atomic mass is 10.1. The lowest BCUT2D eigenvalue weighted by Crippen LogP contribution is -2.11. The summed E-state index contributed by atoms with van der Waals surface area (Å²) < 4.78 is 0. The molecule has 0 radical (unpaired) electrons. The first-order chi connectivity index (χ1) is 9.56. The van der Waals surface area contributed by atoms with Crippen LogP contribution < -0.4 is 16.4 Å². The van der Waals surface area contributed by atoms with Gasteiger partial charge in [-0.25, -0.2) is 0 Å². The van der Waals surface area contributed by atoms with Crippen LogP contribution in [0.2, 0.25) is 0 Å². The molecule has 0 atom stereocenters. The number of hydrogen-bond donors (Lipinski definition) is 3. The van der Waals surface area contributed by atoms with Crippen molar-refractivity contribution in [2.75, 3.05) is 10.6 Å². The summed E-state index contributed by atoms with van der Waals surface area (Å²) in [5, 5.41) is 5.97. The molecule has 2 aromatic rings. The molecule has 0 aromatic heterocycles. The van der Waals surface area contributed by atoms with E-state index in [9.17, 15) is 4.79 Å². The molecule has 4 N–H and O–H groups in total. The van der Waals surface area contributed by atoms with E-state index in [1.54, 1.807) is 0 Å². The molecule has 2 aromatic carbocycles. The maximum absolute atomic E-state index is 11.0. The van der Waals surface area contributed by atoms with Crippen LogP contribution in [-0.2, 0) is 4.79 Å². The Balaban J connectivity index is 2.18. The fourth-order valence-corrected chi connectivity index (χ4v) is 1.98. The first-order valence-electron chi connectivity index (χ1n) is 6.10. The molecule has 0 fully saturated rings. The van der Waals surface area contributed by atoms with Crippen molar-refractivity contribution >= 4 is 40.2 Å². The number of anilines is 3. The highest BCUT2D eigenvalue weighted by molar-refractivity contribution is 7.80. The highest BCUT2D eigenvalue weighted by Gasteiger charge is 2.04. The second-order valence-electron chi connectivity index (χ2n) is 4.29. The lowest BCUT2D eigenvalue weighted by molar-refractivity contribution is -0.114. The number of hydrogen-bond acceptors (Lipinski definition) is 3. The van der Waals surface area contributed by atoms with Crippen molar-refractivity contribution in [2.24, 2.45) is 5.73 Å². The second-order valence-corrected chi connectivity index (χ2v) is 4.73. The van der Waals surface area contributed by atoms with Gasteiger partial charge in [-0.1, -0.05) is 24.4 Å². The van der Waals surface area contributed by atoms with Crippen LogP contribution in [0.25, 0.3) is 0 Å². The first-order valence-corrected chi connectivity index (χ1v) is 6.50. The summed E-state index contributed by atoms with van der Waals surface area (Å²) in [5.41, 5.74) is 8.99. The lowest BCUT2D eigenvalue weighted by Gasteiger charge is -2.11. The Morgan fingerprint density at radius 1 is 1.05 bits per heavy atom. The molecule has 102 valence electrons. The monoisotopic (exact) mass is 285 g/mol. The molecule has 0 saturated heterocycles. The van der Waals surface area contributed by atoms with Crippen molar-refractivity contribution in [3.05, 3.63) is 54.1 Å². The van der Waals surface area contributed by atoms with Crippen LogP contribution in [-0.4, -0.2) is 10.9 Å². The molecular formula is C15H15N3OS. The normalized spacial score (nSPS) is 9.85. The predicted molar refractivity (Wildman–Crippen MR) is 86.4 cm³/mol. The number of carbonyl (C=O) groups excluding carboxylic acids is 1. The van der Waals surface area contributed by atoms with Crippen LogP contribution in [0, 0.1) is 0 Å². The maximum atomic E-state index is 11.0. The number of nitrogens with two attached hydrogens (primary N) is 1. The Bertz CT molecular complexity index is 638. The predicted octanol–water partition coefficient (Wildman–Crippen LogP) is 3.02. The highest BCUT2D eigenvalue weighted by Crippen LogP contribution is 2.22. The van der Waals surface area contributed by atoms with Gasteiger partial charge in [0.1, 0.15) is 4.99 Å². The van der Waals surface area contributed by atoms with E-state index < -0.39 is 0 Å². The fourth-order valence-electron chi connectivity index (χ4n) is 1.80. The zero-order chi connectivity index (χ0) is 14.5. The van der Waals surface area contributed by atoms with Gasteiger partial charge in [-0.15, -0.1) is 0 Å². The van der Waals surface area contributed by atoms with E-state index in [1.165, 1.54) is 6.92 Å². The Morgan fingerprint density at radius 2 is 1.65 bits per heavy atom. The van der Waals surface area contributed by atoms with Gasteiger partial charge in [-0.05, 0) is 36.4 Å². The number of benzene rings is 2. The third kappa shape index (κ3) is 3.55. The maximum Gasteiger partial charge on any atom is 0.221 e. The van der Waals surface area contributed by atoms with E-state index in [1.807, 2.05) is 48.5 Å². The van der Waals surface area contributed by atoms with Crippen molar-refractivity contribution < 1.29 is 4.79 Å². The molecular weight excluding hydrogens is 270 g/mol. The number of para-hydroxylation sites is 1. The molecule has 0 aliphatic heterocycles. The molecule has 0 aliphatic carbocycles. The summed E-state index contributed by atoms with van der Waals surface area (Å²) in [5.74, 6) is -0.0930. The standard InChI is InChI=1S/C15H15N3OS/c1-10(19)17-11-6-8-12(9-7-11)18-14-5-3-2-4-13(14)15(16)20/h2-9,18H,1H3,(H2,16,20)(H,17,19). The Hall–Kier alpha value is -2.40. The highest BCUT2D eigenvalue weighted by atomic mass is 32.1. The molecule has 0 aliphatic rings. The molecule has 0 bridgehead atoms. The summed E-state index contributed by atoms with van der Waals surface area (Å²) in [7, 11) is 0. The first kappa shape index (κ1) is 14.0. The molecule has 0 spiro atoms. The third-order valence-electron chi connectivity index (χ3n) is 2.68. The molecule has 0 saturated carbocycles. The van der Waals surface area contributed by atoms with Crippen molar-refractivity contribution in [3.8, 4) is 0 Å². The van der Waals surface area contributed by atoms with Gasteiger partial charge < -0.3 is 16.4 Å². The molecule has 0 unspecified atom stereocenters. The van der Waals surface area contributed by atoms with Crippen LogP contribution in [0.3, 0.4) is 0 Å². The molecule has 4 nitrogen and oxygen atoms in total. The minimum atomic E-state index is -0.0930. The smallest absolute Gasteiger partial charge is 0.221 e. The van der Waals surface area contributed by atoms with E-state index in [0.717, 1.165) is 22.6 Å². The zero-order valence-electron chi connectivity index (χ0n) is 11.0. The van der Waals surface area contributed by atoms with E-state index in [4.69, 9.17) is 18.0 Å². The van der Waals surface area contributed by atoms with Crippen LogP contribution in [0.5, 0.6) is 0 Å². The van der Waals surface area contributed by atoms with Gasteiger partial charge in [0.2, 0.25) is 5.91 Å². The van der Waals surface area contributed by atoms with Crippen molar-refractivity contribution in [2.45, 2.75) is 6.92 Å². The summed E-state index contributed by atoms with van der Waals surface area (Å²) in [4.78, 5) is 11.3. The van der Waals surface area contributed by atoms with Gasteiger partial charge in [0.25, 0.3) is 0 Å². The van der Waals surface area contributed by atoms with Gasteiger partial charge in [0.15, 0.2) is 0 Å². The van der Waals surface area contributed by atoms with Gasteiger partial charge in [0.05, 0.1) is 0 Å². The summed E-state index contributed by atoms with van der Waals surface area (Å²) in [6.07, 6.45) is 0. The SMILES string of the molecule is CC(=O)Nc1ccc(Nc2ccccc2C(N)=S)cc1. The van der Waals surface area contributed by atoms with Crippen LogP contribution in [0.15, 0.2) is 48.5 Å². The number of nitrogens with one attached hydrogen (secondary N) is 2. The van der Waals surface area contributed by atoms with E-state index in [2.05, 4.69) is 10.6 Å². The van der Waals surface area contributed by atoms with Crippen LogP contribution in [0.4, 0.5) is 17.1 Å². The number of carbonyl (C=O) groups is 1. The Kier molecular flexibility index (Phi) is 4.32.